The Morgan fingerprint density at radius 3 is 2.50 bits per heavy atom. The number of hydrogen-bond acceptors (Lipinski definition) is 3. The molecule has 0 saturated heterocycles. The van der Waals surface area contributed by atoms with E-state index in [9.17, 15) is 14.0 Å². The molecular formula is C20H18FN3O2. The van der Waals surface area contributed by atoms with Gasteiger partial charge in [0.05, 0.1) is 11.1 Å². The van der Waals surface area contributed by atoms with E-state index in [0.717, 1.165) is 5.39 Å². The molecule has 2 N–H and O–H groups in total. The van der Waals surface area contributed by atoms with Gasteiger partial charge in [-0.3, -0.25) is 14.6 Å². The number of benzene rings is 2. The molecule has 0 saturated carbocycles. The maximum absolute atomic E-state index is 13.5. The maximum Gasteiger partial charge on any atom is 0.253 e. The molecule has 0 spiro atoms. The summed E-state index contributed by atoms with van der Waals surface area (Å²) in [4.78, 5) is 28.6. The average Bonchev–Trinajstić information content (AvgIpc) is 2.66. The Morgan fingerprint density at radius 2 is 1.73 bits per heavy atom. The molecule has 0 atom stereocenters. The Kier molecular flexibility index (Phi) is 5.22. The molecule has 2 amide bonds. The molecule has 26 heavy (non-hydrogen) atoms. The van der Waals surface area contributed by atoms with Crippen LogP contribution >= 0.6 is 0 Å². The van der Waals surface area contributed by atoms with Gasteiger partial charge >= 0.3 is 0 Å². The normalized spacial score (nSPS) is 10.5. The number of amides is 2. The highest BCUT2D eigenvalue weighted by Gasteiger charge is 2.11. The van der Waals surface area contributed by atoms with Crippen LogP contribution in [0.2, 0.25) is 0 Å². The molecule has 1 aromatic heterocycles. The zero-order valence-corrected chi connectivity index (χ0v) is 14.3. The van der Waals surface area contributed by atoms with E-state index in [1.165, 1.54) is 6.07 Å². The summed E-state index contributed by atoms with van der Waals surface area (Å²) < 4.78 is 13.5. The molecule has 3 rings (SSSR count). The van der Waals surface area contributed by atoms with Crippen LogP contribution in [0.3, 0.4) is 0 Å². The summed E-state index contributed by atoms with van der Waals surface area (Å²) in [5.74, 6) is -1.07. The van der Waals surface area contributed by atoms with Gasteiger partial charge in [-0.1, -0.05) is 24.3 Å². The van der Waals surface area contributed by atoms with Gasteiger partial charge in [0.25, 0.3) is 11.8 Å². The van der Waals surface area contributed by atoms with E-state index in [-0.39, 0.29) is 30.5 Å². The summed E-state index contributed by atoms with van der Waals surface area (Å²) in [6, 6.07) is 13.4. The number of hydrogen-bond donors (Lipinski definition) is 2. The highest BCUT2D eigenvalue weighted by Crippen LogP contribution is 2.15. The van der Waals surface area contributed by atoms with Gasteiger partial charge in [0.15, 0.2) is 0 Å². The van der Waals surface area contributed by atoms with Gasteiger partial charge in [0, 0.05) is 30.2 Å². The van der Waals surface area contributed by atoms with Gasteiger partial charge in [-0.2, -0.15) is 0 Å². The Bertz CT molecular complexity index is 967. The van der Waals surface area contributed by atoms with Crippen LogP contribution in [0.4, 0.5) is 4.39 Å². The van der Waals surface area contributed by atoms with E-state index < -0.39 is 5.82 Å². The van der Waals surface area contributed by atoms with E-state index in [0.29, 0.717) is 16.6 Å². The summed E-state index contributed by atoms with van der Waals surface area (Å²) in [6.07, 6.45) is 1.64. The van der Waals surface area contributed by atoms with Gasteiger partial charge in [-0.15, -0.1) is 0 Å². The number of nitrogens with zero attached hydrogens (tertiary/aromatic N) is 1. The van der Waals surface area contributed by atoms with Gasteiger partial charge in [0.2, 0.25) is 0 Å². The molecule has 0 aliphatic carbocycles. The average molecular weight is 351 g/mol. The molecule has 0 fully saturated rings. The topological polar surface area (TPSA) is 71.1 Å². The van der Waals surface area contributed by atoms with E-state index in [2.05, 4.69) is 15.6 Å². The predicted molar refractivity (Wildman–Crippen MR) is 97.5 cm³/mol. The first-order valence-electron chi connectivity index (χ1n) is 8.22. The molecule has 6 heteroatoms. The molecule has 1 heterocycles. The predicted octanol–water partition coefficient (Wildman–Crippen LogP) is 2.84. The fraction of sp³-hybridized carbons (Fsp3) is 0.150. The van der Waals surface area contributed by atoms with Crippen LogP contribution in [0.25, 0.3) is 10.9 Å². The van der Waals surface area contributed by atoms with Crippen molar-refractivity contribution in [2.75, 3.05) is 13.1 Å². The second kappa shape index (κ2) is 7.74. The summed E-state index contributed by atoms with van der Waals surface area (Å²) in [7, 11) is 0. The van der Waals surface area contributed by atoms with Gasteiger partial charge < -0.3 is 10.6 Å². The third-order valence-corrected chi connectivity index (χ3v) is 4.01. The molecule has 0 unspecified atom stereocenters. The molecule has 0 bridgehead atoms. The van der Waals surface area contributed by atoms with Crippen LogP contribution in [0.15, 0.2) is 54.7 Å². The van der Waals surface area contributed by atoms with Gasteiger partial charge in [-0.25, -0.2) is 4.39 Å². The molecule has 3 aromatic rings. The molecule has 2 aromatic carbocycles. The van der Waals surface area contributed by atoms with Crippen LogP contribution in [0.5, 0.6) is 0 Å². The minimum atomic E-state index is -0.422. The smallest absolute Gasteiger partial charge is 0.253 e. The van der Waals surface area contributed by atoms with Crippen LogP contribution < -0.4 is 10.6 Å². The number of pyridine rings is 1. The minimum absolute atomic E-state index is 0.234. The van der Waals surface area contributed by atoms with E-state index in [1.807, 2.05) is 18.2 Å². The fourth-order valence-corrected chi connectivity index (χ4v) is 2.57. The molecular weight excluding hydrogens is 333 g/mol. The van der Waals surface area contributed by atoms with Crippen molar-refractivity contribution in [1.82, 2.24) is 15.6 Å². The van der Waals surface area contributed by atoms with Crippen LogP contribution in [0.1, 0.15) is 26.3 Å². The molecule has 132 valence electrons. The zero-order chi connectivity index (χ0) is 18.5. The Morgan fingerprint density at radius 1 is 1.00 bits per heavy atom. The number of carbonyl (C=O) groups is 2. The van der Waals surface area contributed by atoms with Crippen LogP contribution in [-0.2, 0) is 0 Å². The Balaban J connectivity index is 1.55. The third-order valence-electron chi connectivity index (χ3n) is 4.01. The lowest BCUT2D eigenvalue weighted by Gasteiger charge is -2.09. The van der Waals surface area contributed by atoms with Crippen molar-refractivity contribution in [3.8, 4) is 0 Å². The summed E-state index contributed by atoms with van der Waals surface area (Å²) in [6.45, 7) is 2.12. The van der Waals surface area contributed by atoms with Gasteiger partial charge in [0.1, 0.15) is 5.82 Å². The van der Waals surface area contributed by atoms with Crippen molar-refractivity contribution in [1.29, 1.82) is 0 Å². The number of aryl methyl sites for hydroxylation is 1. The monoisotopic (exact) mass is 351 g/mol. The Labute approximate surface area is 150 Å². The highest BCUT2D eigenvalue weighted by atomic mass is 19.1. The lowest BCUT2D eigenvalue weighted by molar-refractivity contribution is 0.0928. The number of rotatable bonds is 5. The number of aromatic nitrogens is 1. The number of nitrogens with one attached hydrogen (secondary N) is 2. The van der Waals surface area contributed by atoms with E-state index in [4.69, 9.17) is 0 Å². The quantitative estimate of drug-likeness (QED) is 0.695. The van der Waals surface area contributed by atoms with Crippen molar-refractivity contribution in [2.45, 2.75) is 6.92 Å². The lowest BCUT2D eigenvalue weighted by Crippen LogP contribution is -2.34. The molecule has 0 radical (unpaired) electrons. The number of para-hydroxylation sites is 1. The standard InChI is InChI=1S/C20H18FN3O2/c1-13-7-8-15(12-17(13)21)19(25)23-10-11-24-20(26)16-6-2-4-14-5-3-9-22-18(14)16/h2-9,12H,10-11H2,1H3,(H,23,25)(H,24,26). The first-order valence-corrected chi connectivity index (χ1v) is 8.22. The summed E-state index contributed by atoms with van der Waals surface area (Å²) in [5, 5.41) is 6.29. The largest absolute Gasteiger partial charge is 0.350 e. The first-order chi connectivity index (χ1) is 12.6. The van der Waals surface area contributed by atoms with Crippen LogP contribution in [0, 0.1) is 12.7 Å². The Hall–Kier alpha value is -3.28. The SMILES string of the molecule is Cc1ccc(C(=O)NCCNC(=O)c2cccc3cccnc23)cc1F. The molecule has 0 aliphatic heterocycles. The number of halogens is 1. The zero-order valence-electron chi connectivity index (χ0n) is 14.3. The van der Waals surface area contributed by atoms with Gasteiger partial charge in [-0.05, 0) is 36.8 Å². The minimum Gasteiger partial charge on any atom is -0.350 e. The van der Waals surface area contributed by atoms with Crippen molar-refractivity contribution in [3.05, 3.63) is 77.2 Å². The lowest BCUT2D eigenvalue weighted by atomic mass is 10.1. The van der Waals surface area contributed by atoms with Crippen molar-refractivity contribution in [3.63, 3.8) is 0 Å². The number of carbonyl (C=O) groups excluding carboxylic acids is 2. The third kappa shape index (κ3) is 3.85. The van der Waals surface area contributed by atoms with Crippen molar-refractivity contribution >= 4 is 22.7 Å². The highest BCUT2D eigenvalue weighted by molar-refractivity contribution is 6.05. The van der Waals surface area contributed by atoms with E-state index >= 15 is 0 Å². The summed E-state index contributed by atoms with van der Waals surface area (Å²) >= 11 is 0. The maximum atomic E-state index is 13.5. The second-order valence-electron chi connectivity index (χ2n) is 5.86. The molecule has 5 nitrogen and oxygen atoms in total. The second-order valence-corrected chi connectivity index (χ2v) is 5.86. The van der Waals surface area contributed by atoms with Crippen LogP contribution in [-0.4, -0.2) is 29.9 Å². The van der Waals surface area contributed by atoms with Crippen molar-refractivity contribution < 1.29 is 14.0 Å². The van der Waals surface area contributed by atoms with Crippen molar-refractivity contribution in [2.24, 2.45) is 0 Å². The first kappa shape index (κ1) is 17.5. The molecule has 0 aliphatic rings. The van der Waals surface area contributed by atoms with E-state index in [1.54, 1.807) is 37.4 Å². The summed E-state index contributed by atoms with van der Waals surface area (Å²) in [5.41, 5.74) is 1.84. The fourth-order valence-electron chi connectivity index (χ4n) is 2.57. The number of fused-ring (bicyclic) bond motifs is 1.